The van der Waals surface area contributed by atoms with Crippen LogP contribution in [0.1, 0.15) is 32.9 Å². The lowest BCUT2D eigenvalue weighted by molar-refractivity contribution is -0.153. The lowest BCUT2D eigenvalue weighted by Gasteiger charge is -2.31. The maximum absolute atomic E-state index is 14.1. The van der Waals surface area contributed by atoms with Crippen molar-refractivity contribution in [3.05, 3.63) is 29.9 Å². The molecule has 7 nitrogen and oxygen atoms in total. The molecule has 1 saturated heterocycles. The minimum absolute atomic E-state index is 0.165. The highest BCUT2D eigenvalue weighted by Gasteiger charge is 2.29. The van der Waals surface area contributed by atoms with E-state index in [1.54, 1.807) is 0 Å². The minimum atomic E-state index is -0.413. The first-order chi connectivity index (χ1) is 12.0. The third kappa shape index (κ3) is 3.63. The van der Waals surface area contributed by atoms with Crippen LogP contribution in [0.15, 0.2) is 18.3 Å². The van der Waals surface area contributed by atoms with Crippen molar-refractivity contribution < 1.29 is 18.7 Å². The Morgan fingerprint density at radius 3 is 3.04 bits per heavy atom. The van der Waals surface area contributed by atoms with Gasteiger partial charge in [-0.05, 0) is 25.8 Å². The van der Waals surface area contributed by atoms with Gasteiger partial charge in [-0.2, -0.15) is 0 Å². The Balaban J connectivity index is 1.89. The molecule has 2 aromatic rings. The standard InChI is InChI=1S/C17H21FN4O3/c1-4-10(2)14-7-12(18)15-8-19-17(21-22(14)15)20-13-5-6-24-9-16(13)25-11(3)23/h4,7-8,13,16H,5-6,9H2,1-3H3,(H,20,21)/b10-4+. The Labute approximate surface area is 144 Å². The molecule has 1 N–H and O–H groups in total. The van der Waals surface area contributed by atoms with Crippen molar-refractivity contribution in [2.75, 3.05) is 18.5 Å². The predicted molar refractivity (Wildman–Crippen MR) is 90.7 cm³/mol. The van der Waals surface area contributed by atoms with Crippen molar-refractivity contribution in [3.8, 4) is 0 Å². The van der Waals surface area contributed by atoms with Gasteiger partial charge in [0.2, 0.25) is 5.95 Å². The Morgan fingerprint density at radius 2 is 2.32 bits per heavy atom. The molecule has 1 aliphatic rings. The van der Waals surface area contributed by atoms with Crippen LogP contribution in [-0.2, 0) is 14.3 Å². The molecule has 0 aliphatic carbocycles. The summed E-state index contributed by atoms with van der Waals surface area (Å²) in [7, 11) is 0. The molecule has 25 heavy (non-hydrogen) atoms. The summed E-state index contributed by atoms with van der Waals surface area (Å²) in [5.41, 5.74) is 1.89. The molecule has 1 aliphatic heterocycles. The van der Waals surface area contributed by atoms with Gasteiger partial charge in [-0.15, -0.1) is 5.10 Å². The highest BCUT2D eigenvalue weighted by Crippen LogP contribution is 2.22. The number of anilines is 1. The van der Waals surface area contributed by atoms with Crippen LogP contribution in [0.25, 0.3) is 11.1 Å². The molecule has 3 heterocycles. The molecule has 2 atom stereocenters. The van der Waals surface area contributed by atoms with Crippen molar-refractivity contribution >= 4 is 23.0 Å². The SMILES string of the molecule is C/C=C(\C)c1cc(F)c2cnc(NC3CCOCC3OC(C)=O)nn12. The third-order valence-corrected chi connectivity index (χ3v) is 4.24. The summed E-state index contributed by atoms with van der Waals surface area (Å²) >= 11 is 0. The predicted octanol–water partition coefficient (Wildman–Crippen LogP) is 2.42. The number of rotatable bonds is 4. The van der Waals surface area contributed by atoms with Gasteiger partial charge in [0.25, 0.3) is 0 Å². The molecule has 3 rings (SSSR count). The molecular formula is C17H21FN4O3. The first-order valence-electron chi connectivity index (χ1n) is 8.18. The number of nitrogens with zero attached hydrogens (tertiary/aromatic N) is 3. The molecule has 8 heteroatoms. The van der Waals surface area contributed by atoms with Gasteiger partial charge in [0.05, 0.1) is 24.5 Å². The maximum Gasteiger partial charge on any atom is 0.303 e. The summed E-state index contributed by atoms with van der Waals surface area (Å²) in [5, 5.41) is 7.58. The molecule has 2 aromatic heterocycles. The van der Waals surface area contributed by atoms with Crippen molar-refractivity contribution in [1.82, 2.24) is 14.6 Å². The number of hydrogen-bond acceptors (Lipinski definition) is 6. The Hall–Kier alpha value is -2.48. The van der Waals surface area contributed by atoms with E-state index in [0.29, 0.717) is 36.8 Å². The molecule has 0 bridgehead atoms. The number of ether oxygens (including phenoxy) is 2. The highest BCUT2D eigenvalue weighted by molar-refractivity contribution is 5.67. The fourth-order valence-corrected chi connectivity index (χ4v) is 2.82. The number of allylic oxidation sites excluding steroid dienone is 2. The molecule has 134 valence electrons. The zero-order valence-corrected chi connectivity index (χ0v) is 14.5. The largest absolute Gasteiger partial charge is 0.458 e. The van der Waals surface area contributed by atoms with E-state index in [1.165, 1.54) is 23.7 Å². The van der Waals surface area contributed by atoms with Crippen LogP contribution in [0.2, 0.25) is 0 Å². The van der Waals surface area contributed by atoms with E-state index < -0.39 is 6.10 Å². The van der Waals surface area contributed by atoms with Crippen LogP contribution in [0, 0.1) is 5.82 Å². The lowest BCUT2D eigenvalue weighted by atomic mass is 10.1. The van der Waals surface area contributed by atoms with Gasteiger partial charge >= 0.3 is 5.97 Å². The van der Waals surface area contributed by atoms with Crippen molar-refractivity contribution in [2.24, 2.45) is 0 Å². The normalized spacial score (nSPS) is 21.4. The Morgan fingerprint density at radius 1 is 1.52 bits per heavy atom. The first-order valence-corrected chi connectivity index (χ1v) is 8.18. The van der Waals surface area contributed by atoms with Crippen molar-refractivity contribution in [2.45, 2.75) is 39.3 Å². The zero-order valence-electron chi connectivity index (χ0n) is 14.5. The van der Waals surface area contributed by atoms with Crippen LogP contribution in [-0.4, -0.2) is 45.9 Å². The summed E-state index contributed by atoms with van der Waals surface area (Å²) < 4.78 is 26.3. The fraction of sp³-hybridized carbons (Fsp3) is 0.471. The van der Waals surface area contributed by atoms with Gasteiger partial charge in [-0.3, -0.25) is 4.79 Å². The van der Waals surface area contributed by atoms with Crippen LogP contribution in [0.5, 0.6) is 0 Å². The van der Waals surface area contributed by atoms with E-state index in [9.17, 15) is 9.18 Å². The molecule has 0 radical (unpaired) electrons. The van der Waals surface area contributed by atoms with Crippen molar-refractivity contribution in [1.29, 1.82) is 0 Å². The van der Waals surface area contributed by atoms with Gasteiger partial charge in [0.1, 0.15) is 11.6 Å². The second kappa shape index (κ2) is 7.18. The molecule has 0 aromatic carbocycles. The number of carbonyl (C=O) groups is 1. The average Bonchev–Trinajstić information content (AvgIpc) is 2.92. The van der Waals surface area contributed by atoms with E-state index >= 15 is 0 Å². The smallest absolute Gasteiger partial charge is 0.303 e. The second-order valence-electron chi connectivity index (χ2n) is 5.99. The number of halogens is 1. The van der Waals surface area contributed by atoms with Crippen LogP contribution in [0.4, 0.5) is 10.3 Å². The van der Waals surface area contributed by atoms with Gasteiger partial charge in [-0.1, -0.05) is 6.08 Å². The molecular weight excluding hydrogens is 327 g/mol. The molecule has 0 spiro atoms. The van der Waals surface area contributed by atoms with E-state index in [4.69, 9.17) is 9.47 Å². The van der Waals surface area contributed by atoms with Gasteiger partial charge < -0.3 is 14.8 Å². The molecule has 1 fully saturated rings. The van der Waals surface area contributed by atoms with Crippen LogP contribution in [0.3, 0.4) is 0 Å². The second-order valence-corrected chi connectivity index (χ2v) is 5.99. The number of carbonyl (C=O) groups excluding carboxylic acids is 1. The van der Waals surface area contributed by atoms with Gasteiger partial charge in [-0.25, -0.2) is 13.9 Å². The lowest BCUT2D eigenvalue weighted by Crippen LogP contribution is -2.44. The summed E-state index contributed by atoms with van der Waals surface area (Å²) in [4.78, 5) is 15.4. The summed E-state index contributed by atoms with van der Waals surface area (Å²) in [6.45, 7) is 6.02. The number of aromatic nitrogens is 3. The molecule has 0 amide bonds. The third-order valence-electron chi connectivity index (χ3n) is 4.24. The van der Waals surface area contributed by atoms with E-state index in [0.717, 1.165) is 5.57 Å². The number of esters is 1. The topological polar surface area (TPSA) is 77.8 Å². The highest BCUT2D eigenvalue weighted by atomic mass is 19.1. The minimum Gasteiger partial charge on any atom is -0.458 e. The number of fused-ring (bicyclic) bond motifs is 1. The Kier molecular flexibility index (Phi) is 4.98. The molecule has 0 saturated carbocycles. The quantitative estimate of drug-likeness (QED) is 0.855. The van der Waals surface area contributed by atoms with E-state index in [2.05, 4.69) is 15.4 Å². The van der Waals surface area contributed by atoms with Gasteiger partial charge in [0, 0.05) is 19.6 Å². The zero-order chi connectivity index (χ0) is 18.0. The van der Waals surface area contributed by atoms with Crippen LogP contribution < -0.4 is 5.32 Å². The summed E-state index contributed by atoms with van der Waals surface area (Å²) in [6.07, 6.45) is 3.58. The monoisotopic (exact) mass is 348 g/mol. The van der Waals surface area contributed by atoms with E-state index in [-0.39, 0.29) is 17.8 Å². The van der Waals surface area contributed by atoms with Gasteiger partial charge in [0.15, 0.2) is 5.82 Å². The van der Waals surface area contributed by atoms with Crippen LogP contribution >= 0.6 is 0 Å². The average molecular weight is 348 g/mol. The molecule has 2 unspecified atom stereocenters. The maximum atomic E-state index is 14.1. The Bertz CT molecular complexity index is 818. The fourth-order valence-electron chi connectivity index (χ4n) is 2.82. The first kappa shape index (κ1) is 17.3. The van der Waals surface area contributed by atoms with Crippen molar-refractivity contribution in [3.63, 3.8) is 0 Å². The summed E-state index contributed by atoms with van der Waals surface area (Å²) in [6, 6.07) is 1.28. The summed E-state index contributed by atoms with van der Waals surface area (Å²) in [5.74, 6) is -0.388. The van der Waals surface area contributed by atoms with E-state index in [1.807, 2.05) is 19.9 Å². The number of nitrogens with one attached hydrogen (secondary N) is 1. The number of hydrogen-bond donors (Lipinski definition) is 1.